The molecule has 1 fully saturated rings. The summed E-state index contributed by atoms with van der Waals surface area (Å²) in [7, 11) is 1.30. The van der Waals surface area contributed by atoms with Crippen molar-refractivity contribution in [3.8, 4) is 34.1 Å². The highest BCUT2D eigenvalue weighted by molar-refractivity contribution is 5.92. The number of rotatable bonds is 5. The smallest absolute Gasteiger partial charge is 0.465 e. The number of nitrogens with zero attached hydrogens (tertiary/aromatic N) is 5. The summed E-state index contributed by atoms with van der Waals surface area (Å²) in [6.07, 6.45) is -2.25. The van der Waals surface area contributed by atoms with Crippen LogP contribution in [0.5, 0.6) is 0 Å². The lowest BCUT2D eigenvalue weighted by molar-refractivity contribution is -0.186. The van der Waals surface area contributed by atoms with E-state index in [1.54, 1.807) is 47.3 Å². The zero-order chi connectivity index (χ0) is 29.1. The summed E-state index contributed by atoms with van der Waals surface area (Å²) in [5.41, 5.74) is 5.33. The second-order valence-corrected chi connectivity index (χ2v) is 9.68. The van der Waals surface area contributed by atoms with Crippen molar-refractivity contribution in [1.29, 1.82) is 5.26 Å². The molecule has 2 heterocycles. The Morgan fingerprint density at radius 1 is 0.951 bits per heavy atom. The van der Waals surface area contributed by atoms with E-state index in [9.17, 15) is 22.8 Å². The Balaban J connectivity index is 1.38. The largest absolute Gasteiger partial charge is 0.471 e. The molecule has 208 valence electrons. The van der Waals surface area contributed by atoms with Gasteiger partial charge in [0.15, 0.2) is 0 Å². The van der Waals surface area contributed by atoms with E-state index in [2.05, 4.69) is 16.4 Å². The molecule has 0 radical (unpaired) electrons. The summed E-state index contributed by atoms with van der Waals surface area (Å²) in [5, 5.41) is 17.5. The first-order valence-electron chi connectivity index (χ1n) is 12.8. The molecule has 0 bridgehead atoms. The van der Waals surface area contributed by atoms with Crippen LogP contribution in [0.4, 0.5) is 13.2 Å². The van der Waals surface area contributed by atoms with Gasteiger partial charge in [-0.1, -0.05) is 41.6 Å². The topological polar surface area (TPSA) is 101 Å². The van der Waals surface area contributed by atoms with Crippen LogP contribution < -0.4 is 0 Å². The molecule has 8 nitrogen and oxygen atoms in total. The van der Waals surface area contributed by atoms with Gasteiger partial charge in [-0.15, -0.1) is 5.10 Å². The third-order valence-electron chi connectivity index (χ3n) is 7.15. The van der Waals surface area contributed by atoms with Crippen molar-refractivity contribution in [3.63, 3.8) is 0 Å². The molecule has 0 N–H and O–H groups in total. The number of hydrogen-bond acceptors (Lipinski definition) is 6. The average Bonchev–Trinajstić information content (AvgIpc) is 3.50. The Bertz CT molecular complexity index is 1620. The van der Waals surface area contributed by atoms with Crippen LogP contribution in [0.3, 0.4) is 0 Å². The molecule has 1 aliphatic heterocycles. The number of aromatic nitrogens is 3. The number of esters is 1. The average molecular weight is 560 g/mol. The number of halogens is 3. The van der Waals surface area contributed by atoms with Crippen LogP contribution in [0.2, 0.25) is 0 Å². The number of ether oxygens (including phenoxy) is 1. The monoisotopic (exact) mass is 559 g/mol. The molecule has 0 unspecified atom stereocenters. The Morgan fingerprint density at radius 3 is 2.22 bits per heavy atom. The molecule has 0 atom stereocenters. The highest BCUT2D eigenvalue weighted by atomic mass is 19.4. The molecule has 0 aliphatic carbocycles. The van der Waals surface area contributed by atoms with Gasteiger partial charge in [-0.2, -0.15) is 18.4 Å². The lowest BCUT2D eigenvalue weighted by Crippen LogP contribution is -2.45. The van der Waals surface area contributed by atoms with Crippen LogP contribution >= 0.6 is 0 Å². The molecule has 5 rings (SSSR count). The van der Waals surface area contributed by atoms with Gasteiger partial charge in [0.05, 0.1) is 36.2 Å². The van der Waals surface area contributed by atoms with Crippen molar-refractivity contribution in [1.82, 2.24) is 19.9 Å². The van der Waals surface area contributed by atoms with Gasteiger partial charge >= 0.3 is 18.1 Å². The van der Waals surface area contributed by atoms with Crippen molar-refractivity contribution in [3.05, 3.63) is 89.6 Å². The number of piperidine rings is 1. The molecular weight excluding hydrogens is 535 g/mol. The maximum atomic E-state index is 12.8. The predicted octanol–water partition coefficient (Wildman–Crippen LogP) is 5.53. The second kappa shape index (κ2) is 11.3. The molecule has 41 heavy (non-hydrogen) atoms. The quantitative estimate of drug-likeness (QED) is 0.298. The third kappa shape index (κ3) is 5.96. The fourth-order valence-electron chi connectivity index (χ4n) is 4.93. The van der Waals surface area contributed by atoms with Crippen LogP contribution in [0.25, 0.3) is 28.1 Å². The number of amides is 1. The summed E-state index contributed by atoms with van der Waals surface area (Å²) < 4.78 is 44.8. The number of nitriles is 1. The van der Waals surface area contributed by atoms with E-state index in [0.717, 1.165) is 27.2 Å². The number of carbonyl (C=O) groups excluding carboxylic acids is 2. The van der Waals surface area contributed by atoms with E-state index in [1.807, 2.05) is 30.3 Å². The molecule has 1 aromatic heterocycles. The Labute approximate surface area is 233 Å². The van der Waals surface area contributed by atoms with Gasteiger partial charge in [0.25, 0.3) is 0 Å². The van der Waals surface area contributed by atoms with Crippen molar-refractivity contribution in [2.24, 2.45) is 0 Å². The van der Waals surface area contributed by atoms with Gasteiger partial charge in [-0.3, -0.25) is 4.79 Å². The Kier molecular flexibility index (Phi) is 7.57. The van der Waals surface area contributed by atoms with E-state index in [0.29, 0.717) is 35.3 Å². The minimum Gasteiger partial charge on any atom is -0.465 e. The maximum absolute atomic E-state index is 12.8. The van der Waals surface area contributed by atoms with Crippen molar-refractivity contribution < 1.29 is 27.5 Å². The molecule has 11 heteroatoms. The number of carbonyl (C=O) groups is 2. The predicted molar refractivity (Wildman–Crippen MR) is 143 cm³/mol. The van der Waals surface area contributed by atoms with Crippen LogP contribution in [-0.4, -0.2) is 58.1 Å². The first kappa shape index (κ1) is 27.6. The number of likely N-dealkylation sites (tertiary alicyclic amines) is 1. The normalized spacial score (nSPS) is 14.0. The fraction of sp³-hybridized carbons (Fsp3) is 0.233. The standard InChI is InChI=1S/C30H24F3N5O3/c1-41-28(39)25-14-24(15-26(16-25)38-18-27(35-36-38)23-4-2-19(17-34)3-5-23)21-8-6-20(7-9-21)22-10-12-37(13-11-22)29(40)30(31,32)33/h2-9,14-16,18,22H,10-13H2,1H3. The SMILES string of the molecule is COC(=O)c1cc(-c2ccc(C3CCN(C(=O)C(F)(F)F)CC3)cc2)cc(-n2cc(-c3ccc(C#N)cc3)nn2)c1. The first-order valence-corrected chi connectivity index (χ1v) is 12.8. The van der Waals surface area contributed by atoms with Gasteiger partial charge in [0.2, 0.25) is 0 Å². The molecule has 4 aromatic rings. The molecule has 1 aliphatic rings. The number of alkyl halides is 3. The minimum absolute atomic E-state index is 0.0362. The summed E-state index contributed by atoms with van der Waals surface area (Å²) >= 11 is 0. The van der Waals surface area contributed by atoms with Crippen molar-refractivity contribution in [2.45, 2.75) is 24.9 Å². The van der Waals surface area contributed by atoms with Crippen molar-refractivity contribution >= 4 is 11.9 Å². The Hall–Kier alpha value is -4.98. The van der Waals surface area contributed by atoms with E-state index >= 15 is 0 Å². The van der Waals surface area contributed by atoms with Gasteiger partial charge < -0.3 is 9.64 Å². The summed E-state index contributed by atoms with van der Waals surface area (Å²) in [6.45, 7) is 0.106. The van der Waals surface area contributed by atoms with Crippen LogP contribution in [0.1, 0.15) is 40.2 Å². The lowest BCUT2D eigenvalue weighted by atomic mass is 9.88. The fourth-order valence-corrected chi connectivity index (χ4v) is 4.93. The molecule has 1 saturated heterocycles. The van der Waals surface area contributed by atoms with Crippen LogP contribution in [-0.2, 0) is 9.53 Å². The molecule has 3 aromatic carbocycles. The van der Waals surface area contributed by atoms with E-state index in [1.165, 1.54) is 7.11 Å². The summed E-state index contributed by atoms with van der Waals surface area (Å²) in [6, 6.07) is 21.9. The van der Waals surface area contributed by atoms with E-state index in [-0.39, 0.29) is 19.0 Å². The van der Waals surface area contributed by atoms with Gasteiger partial charge in [-0.25, -0.2) is 9.48 Å². The van der Waals surface area contributed by atoms with Gasteiger partial charge in [0.1, 0.15) is 5.69 Å². The number of methoxy groups -OCH3 is 1. The zero-order valence-corrected chi connectivity index (χ0v) is 21.9. The van der Waals surface area contributed by atoms with Crippen molar-refractivity contribution in [2.75, 3.05) is 20.2 Å². The highest BCUT2D eigenvalue weighted by Crippen LogP contribution is 2.32. The number of hydrogen-bond donors (Lipinski definition) is 0. The van der Waals surface area contributed by atoms with Crippen LogP contribution in [0, 0.1) is 11.3 Å². The Morgan fingerprint density at radius 2 is 1.61 bits per heavy atom. The first-order chi connectivity index (χ1) is 19.7. The maximum Gasteiger partial charge on any atom is 0.471 e. The zero-order valence-electron chi connectivity index (χ0n) is 21.9. The summed E-state index contributed by atoms with van der Waals surface area (Å²) in [4.78, 5) is 24.9. The molecule has 1 amide bonds. The van der Waals surface area contributed by atoms with Crippen LogP contribution in [0.15, 0.2) is 72.9 Å². The number of benzene rings is 3. The molecular formula is C30H24F3N5O3. The lowest BCUT2D eigenvalue weighted by Gasteiger charge is -2.32. The minimum atomic E-state index is -4.86. The highest BCUT2D eigenvalue weighted by Gasteiger charge is 2.43. The van der Waals surface area contributed by atoms with E-state index < -0.39 is 18.1 Å². The molecule has 0 spiro atoms. The van der Waals surface area contributed by atoms with Gasteiger partial charge in [0, 0.05) is 18.7 Å². The third-order valence-corrected chi connectivity index (χ3v) is 7.15. The van der Waals surface area contributed by atoms with E-state index in [4.69, 9.17) is 10.00 Å². The molecule has 0 saturated carbocycles. The second-order valence-electron chi connectivity index (χ2n) is 9.68. The summed E-state index contributed by atoms with van der Waals surface area (Å²) in [5.74, 6) is -2.27. The van der Waals surface area contributed by atoms with Gasteiger partial charge in [-0.05, 0) is 65.8 Å².